The van der Waals surface area contributed by atoms with Crippen LogP contribution in [0.15, 0.2) is 42.0 Å². The van der Waals surface area contributed by atoms with Crippen LogP contribution in [0.25, 0.3) is 0 Å². The second kappa shape index (κ2) is 8.10. The summed E-state index contributed by atoms with van der Waals surface area (Å²) in [5.41, 5.74) is 1.86. The van der Waals surface area contributed by atoms with Crippen LogP contribution in [-0.2, 0) is 9.53 Å². The summed E-state index contributed by atoms with van der Waals surface area (Å²) in [6.45, 7) is 6.94. The predicted molar refractivity (Wildman–Crippen MR) is 115 cm³/mol. The van der Waals surface area contributed by atoms with Crippen LogP contribution in [0.3, 0.4) is 0 Å². The molecule has 164 valence electrons. The Morgan fingerprint density at radius 1 is 1.30 bits per heavy atom. The van der Waals surface area contributed by atoms with E-state index in [0.29, 0.717) is 12.5 Å². The molecule has 5 heteroatoms. The summed E-state index contributed by atoms with van der Waals surface area (Å²) in [6, 6.07) is 9.56. The Labute approximate surface area is 179 Å². The Morgan fingerprint density at radius 2 is 2.00 bits per heavy atom. The summed E-state index contributed by atoms with van der Waals surface area (Å²) in [5.74, 6) is -0.340. The molecule has 0 amide bonds. The van der Waals surface area contributed by atoms with Gasteiger partial charge >= 0.3 is 5.97 Å². The number of likely N-dealkylation sites (N-methyl/N-ethyl adjacent to an activating group) is 1. The number of fused-ring (bicyclic) bond motifs is 2. The SMILES string of the molecule is C[C@@H]1CCC=C2C[C@H]3OC(=O)[C@H](C[NH+](C)[C@@H](C)[C@@H](O)c4ccccc4)[C@H]3[C@H](O)[C@@]21C. The Balaban J connectivity index is 1.52. The van der Waals surface area contributed by atoms with Crippen molar-refractivity contribution < 1.29 is 24.6 Å². The largest absolute Gasteiger partial charge is 0.461 e. The van der Waals surface area contributed by atoms with Crippen LogP contribution in [0.2, 0.25) is 0 Å². The van der Waals surface area contributed by atoms with E-state index in [1.807, 2.05) is 44.3 Å². The minimum atomic E-state index is -0.610. The molecule has 9 atom stereocenters. The first-order chi connectivity index (χ1) is 14.2. The third-order valence-electron chi connectivity index (χ3n) is 8.50. The molecule has 3 N–H and O–H groups in total. The molecule has 1 saturated heterocycles. The number of hydrogen-bond acceptors (Lipinski definition) is 4. The normalized spacial score (nSPS) is 38.7. The van der Waals surface area contributed by atoms with Crippen molar-refractivity contribution >= 4 is 5.97 Å². The van der Waals surface area contributed by atoms with Gasteiger partial charge in [0.25, 0.3) is 0 Å². The number of esters is 1. The Hall–Kier alpha value is -1.69. The fourth-order valence-corrected chi connectivity index (χ4v) is 6.04. The molecule has 2 fully saturated rings. The van der Waals surface area contributed by atoms with E-state index in [1.54, 1.807) is 0 Å². The van der Waals surface area contributed by atoms with E-state index in [4.69, 9.17) is 4.74 Å². The van der Waals surface area contributed by atoms with Crippen LogP contribution in [0.1, 0.15) is 51.7 Å². The fraction of sp³-hybridized carbons (Fsp3) is 0.640. The van der Waals surface area contributed by atoms with E-state index in [2.05, 4.69) is 19.9 Å². The lowest BCUT2D eigenvalue weighted by Crippen LogP contribution is -3.14. The zero-order valence-electron chi connectivity index (χ0n) is 18.5. The second-order valence-electron chi connectivity index (χ2n) is 9.99. The van der Waals surface area contributed by atoms with Gasteiger partial charge in [0.05, 0.1) is 19.7 Å². The number of aliphatic hydroxyl groups is 2. The zero-order valence-corrected chi connectivity index (χ0v) is 18.5. The molecule has 1 aromatic rings. The molecule has 0 spiro atoms. The fourth-order valence-electron chi connectivity index (χ4n) is 6.04. The third kappa shape index (κ3) is 3.41. The first kappa shape index (κ1) is 21.5. The molecule has 1 unspecified atom stereocenters. The van der Waals surface area contributed by atoms with Crippen LogP contribution in [0.4, 0.5) is 0 Å². The molecule has 4 rings (SSSR count). The van der Waals surface area contributed by atoms with Crippen LogP contribution in [0.5, 0.6) is 0 Å². The van der Waals surface area contributed by atoms with Crippen LogP contribution < -0.4 is 4.90 Å². The van der Waals surface area contributed by atoms with Crippen molar-refractivity contribution in [2.75, 3.05) is 13.6 Å². The minimum absolute atomic E-state index is 0.0837. The molecule has 30 heavy (non-hydrogen) atoms. The highest BCUT2D eigenvalue weighted by molar-refractivity contribution is 5.76. The maximum absolute atomic E-state index is 12.8. The van der Waals surface area contributed by atoms with Crippen LogP contribution in [0, 0.1) is 23.2 Å². The van der Waals surface area contributed by atoms with Gasteiger partial charge in [0.15, 0.2) is 0 Å². The molecule has 1 heterocycles. The molecule has 1 saturated carbocycles. The number of carbonyl (C=O) groups is 1. The van der Waals surface area contributed by atoms with Gasteiger partial charge in [-0.1, -0.05) is 55.8 Å². The maximum atomic E-state index is 12.8. The first-order valence-electron chi connectivity index (χ1n) is 11.4. The number of allylic oxidation sites excluding steroid dienone is 1. The lowest BCUT2D eigenvalue weighted by atomic mass is 9.55. The molecule has 0 aromatic heterocycles. The highest BCUT2D eigenvalue weighted by Gasteiger charge is 2.60. The minimum Gasteiger partial charge on any atom is -0.461 e. The number of rotatable bonds is 5. The number of hydrogen-bond donors (Lipinski definition) is 3. The topological polar surface area (TPSA) is 71.2 Å². The average molecular weight is 415 g/mol. The Morgan fingerprint density at radius 3 is 2.70 bits per heavy atom. The van der Waals surface area contributed by atoms with Gasteiger partial charge < -0.3 is 19.8 Å². The molecule has 5 nitrogen and oxygen atoms in total. The molecule has 0 radical (unpaired) electrons. The Kier molecular flexibility index (Phi) is 5.82. The molecule has 0 bridgehead atoms. The molecular weight excluding hydrogens is 378 g/mol. The lowest BCUT2D eigenvalue weighted by Gasteiger charge is -2.51. The summed E-state index contributed by atoms with van der Waals surface area (Å²) in [7, 11) is 2.02. The smallest absolute Gasteiger partial charge is 0.315 e. The van der Waals surface area contributed by atoms with Crippen molar-refractivity contribution in [1.29, 1.82) is 0 Å². The summed E-state index contributed by atoms with van der Waals surface area (Å²) >= 11 is 0. The monoisotopic (exact) mass is 414 g/mol. The molecule has 1 aromatic carbocycles. The van der Waals surface area contributed by atoms with Crippen LogP contribution in [-0.4, -0.2) is 48.0 Å². The van der Waals surface area contributed by atoms with Gasteiger partial charge in [-0.25, -0.2) is 0 Å². The molecular formula is C25H36NO4+. The van der Waals surface area contributed by atoms with Crippen molar-refractivity contribution in [3.05, 3.63) is 47.5 Å². The summed E-state index contributed by atoms with van der Waals surface area (Å²) < 4.78 is 5.79. The first-order valence-corrected chi connectivity index (χ1v) is 11.4. The van der Waals surface area contributed by atoms with Crippen molar-refractivity contribution in [1.82, 2.24) is 0 Å². The summed E-state index contributed by atoms with van der Waals surface area (Å²) in [4.78, 5) is 13.9. The van der Waals surface area contributed by atoms with Gasteiger partial charge in [-0.05, 0) is 31.2 Å². The van der Waals surface area contributed by atoms with Crippen molar-refractivity contribution in [2.24, 2.45) is 23.2 Å². The molecule has 2 aliphatic carbocycles. The van der Waals surface area contributed by atoms with E-state index in [-0.39, 0.29) is 35.4 Å². The van der Waals surface area contributed by atoms with E-state index in [0.717, 1.165) is 29.7 Å². The summed E-state index contributed by atoms with van der Waals surface area (Å²) in [6.07, 6.45) is 3.68. The number of nitrogens with one attached hydrogen (secondary N) is 1. The molecule has 3 aliphatic rings. The van der Waals surface area contributed by atoms with E-state index < -0.39 is 12.2 Å². The number of ether oxygens (including phenoxy) is 1. The van der Waals surface area contributed by atoms with Gasteiger partial charge in [-0.15, -0.1) is 0 Å². The number of aliphatic hydroxyl groups excluding tert-OH is 2. The van der Waals surface area contributed by atoms with Gasteiger partial charge in [0.2, 0.25) is 0 Å². The van der Waals surface area contributed by atoms with E-state index in [1.165, 1.54) is 5.57 Å². The zero-order chi connectivity index (χ0) is 21.6. The van der Waals surface area contributed by atoms with Gasteiger partial charge in [0, 0.05) is 17.8 Å². The second-order valence-corrected chi connectivity index (χ2v) is 9.99. The lowest BCUT2D eigenvalue weighted by molar-refractivity contribution is -0.911. The predicted octanol–water partition coefficient (Wildman–Crippen LogP) is 1.91. The quantitative estimate of drug-likeness (QED) is 0.509. The summed E-state index contributed by atoms with van der Waals surface area (Å²) in [5, 5.41) is 22.3. The van der Waals surface area contributed by atoms with Gasteiger partial charge in [-0.2, -0.15) is 0 Å². The van der Waals surface area contributed by atoms with Crippen molar-refractivity contribution in [3.63, 3.8) is 0 Å². The van der Waals surface area contributed by atoms with Crippen LogP contribution >= 0.6 is 0 Å². The highest BCUT2D eigenvalue weighted by atomic mass is 16.6. The number of benzene rings is 1. The third-order valence-corrected chi connectivity index (χ3v) is 8.50. The van der Waals surface area contributed by atoms with E-state index >= 15 is 0 Å². The van der Waals surface area contributed by atoms with Gasteiger partial charge in [-0.3, -0.25) is 4.79 Å². The average Bonchev–Trinajstić information content (AvgIpc) is 3.05. The van der Waals surface area contributed by atoms with Crippen molar-refractivity contribution in [2.45, 2.75) is 64.4 Å². The molecule has 1 aliphatic heterocycles. The standard InChI is InChI=1S/C25H35NO4/c1-15-9-8-12-18-13-20-21(23(28)25(15,18)3)19(24(29)30-20)14-26(4)16(2)22(27)17-10-6-5-7-11-17/h5-7,10-12,15-16,19-23,27-28H,8-9,13-14H2,1-4H3/p+1/t15-,16+,19-,20-,21-,22-,23+,25-/m1/s1. The van der Waals surface area contributed by atoms with E-state index in [9.17, 15) is 15.0 Å². The van der Waals surface area contributed by atoms with Crippen molar-refractivity contribution in [3.8, 4) is 0 Å². The van der Waals surface area contributed by atoms with Gasteiger partial charge in [0.1, 0.15) is 24.2 Å². The highest BCUT2D eigenvalue weighted by Crippen LogP contribution is 2.55. The number of quaternary nitrogens is 1. The maximum Gasteiger partial charge on any atom is 0.315 e. The Bertz CT molecular complexity index is 809. The number of carbonyl (C=O) groups excluding carboxylic acids is 1.